The minimum Gasteiger partial charge on any atom is -0.481 e. The molecular formula is C13H22N2O3. The molecule has 0 spiro atoms. The SMILES string of the molecule is CC(C)(C)c1[nH]n(C(C)(C)C)c(=O)c1CC(=O)O. The lowest BCUT2D eigenvalue weighted by molar-refractivity contribution is -0.136. The molecule has 0 fully saturated rings. The normalized spacial score (nSPS) is 12.8. The van der Waals surface area contributed by atoms with Gasteiger partial charge >= 0.3 is 5.97 Å². The Balaban J connectivity index is 3.52. The fraction of sp³-hybridized carbons (Fsp3) is 0.692. The second kappa shape index (κ2) is 4.30. The molecule has 0 saturated carbocycles. The zero-order chi connectivity index (χ0) is 14.3. The molecule has 0 bridgehead atoms. The Morgan fingerprint density at radius 2 is 1.72 bits per heavy atom. The Hall–Kier alpha value is -1.52. The van der Waals surface area contributed by atoms with Crippen LogP contribution in [0.25, 0.3) is 0 Å². The van der Waals surface area contributed by atoms with E-state index in [9.17, 15) is 9.59 Å². The maximum atomic E-state index is 12.3. The summed E-state index contributed by atoms with van der Waals surface area (Å²) in [5, 5.41) is 12.0. The molecule has 0 aliphatic rings. The van der Waals surface area contributed by atoms with Gasteiger partial charge in [0.25, 0.3) is 5.56 Å². The van der Waals surface area contributed by atoms with Gasteiger partial charge in [-0.2, -0.15) is 0 Å². The van der Waals surface area contributed by atoms with Crippen LogP contribution in [0.4, 0.5) is 0 Å². The van der Waals surface area contributed by atoms with Crippen molar-refractivity contribution in [2.24, 2.45) is 0 Å². The van der Waals surface area contributed by atoms with Gasteiger partial charge in [0.15, 0.2) is 0 Å². The van der Waals surface area contributed by atoms with Crippen molar-refractivity contribution in [3.8, 4) is 0 Å². The molecule has 0 amide bonds. The van der Waals surface area contributed by atoms with Crippen LogP contribution in [-0.4, -0.2) is 20.9 Å². The monoisotopic (exact) mass is 254 g/mol. The van der Waals surface area contributed by atoms with Crippen LogP contribution in [0.2, 0.25) is 0 Å². The van der Waals surface area contributed by atoms with Crippen molar-refractivity contribution in [3.05, 3.63) is 21.6 Å². The van der Waals surface area contributed by atoms with E-state index in [1.54, 1.807) is 0 Å². The zero-order valence-electron chi connectivity index (χ0n) is 11.9. The van der Waals surface area contributed by atoms with E-state index >= 15 is 0 Å². The van der Waals surface area contributed by atoms with Crippen molar-refractivity contribution in [1.29, 1.82) is 0 Å². The summed E-state index contributed by atoms with van der Waals surface area (Å²) in [5.41, 5.74) is 0.124. The molecule has 0 aromatic carbocycles. The maximum Gasteiger partial charge on any atom is 0.308 e. The first-order chi connectivity index (χ1) is 7.94. The molecule has 1 rings (SSSR count). The lowest BCUT2D eigenvalue weighted by Gasteiger charge is -2.21. The average Bonchev–Trinajstić information content (AvgIpc) is 2.41. The van der Waals surface area contributed by atoms with Crippen molar-refractivity contribution in [1.82, 2.24) is 9.78 Å². The van der Waals surface area contributed by atoms with E-state index in [1.807, 2.05) is 41.5 Å². The van der Waals surface area contributed by atoms with Crippen molar-refractivity contribution in [2.45, 2.75) is 58.9 Å². The summed E-state index contributed by atoms with van der Waals surface area (Å²) in [5.74, 6) is -0.988. The molecule has 1 aromatic rings. The van der Waals surface area contributed by atoms with Gasteiger partial charge in [-0.3, -0.25) is 14.7 Å². The van der Waals surface area contributed by atoms with Crippen LogP contribution in [0, 0.1) is 0 Å². The number of H-pyrrole nitrogens is 1. The van der Waals surface area contributed by atoms with Crippen LogP contribution >= 0.6 is 0 Å². The molecule has 0 saturated heterocycles. The highest BCUT2D eigenvalue weighted by Crippen LogP contribution is 2.24. The maximum absolute atomic E-state index is 12.3. The minimum atomic E-state index is -0.988. The molecule has 1 heterocycles. The third kappa shape index (κ3) is 2.83. The number of carboxylic acid groups (broad SMARTS) is 1. The first-order valence-corrected chi connectivity index (χ1v) is 6.01. The number of hydrogen-bond acceptors (Lipinski definition) is 2. The molecule has 0 atom stereocenters. The molecule has 0 aliphatic carbocycles. The number of rotatable bonds is 2. The molecule has 0 unspecified atom stereocenters. The summed E-state index contributed by atoms with van der Waals surface area (Å²) < 4.78 is 1.51. The van der Waals surface area contributed by atoms with Gasteiger partial charge in [-0.1, -0.05) is 20.8 Å². The minimum absolute atomic E-state index is 0.241. The Bertz CT molecular complexity index is 510. The molecule has 5 heteroatoms. The van der Waals surface area contributed by atoms with Gasteiger partial charge in [0.2, 0.25) is 0 Å². The Morgan fingerprint density at radius 1 is 1.22 bits per heavy atom. The van der Waals surface area contributed by atoms with Crippen LogP contribution in [-0.2, 0) is 22.2 Å². The Labute approximate surface area is 107 Å². The largest absolute Gasteiger partial charge is 0.481 e. The highest BCUT2D eigenvalue weighted by molar-refractivity contribution is 5.70. The quantitative estimate of drug-likeness (QED) is 0.845. The number of aromatic amines is 1. The van der Waals surface area contributed by atoms with Gasteiger partial charge in [0.05, 0.1) is 17.5 Å². The summed E-state index contributed by atoms with van der Waals surface area (Å²) in [6, 6.07) is 0. The lowest BCUT2D eigenvalue weighted by Crippen LogP contribution is -2.33. The highest BCUT2D eigenvalue weighted by atomic mass is 16.4. The number of carboxylic acids is 1. The summed E-state index contributed by atoms with van der Waals surface area (Å²) in [4.78, 5) is 23.2. The van der Waals surface area contributed by atoms with E-state index < -0.39 is 11.5 Å². The number of carbonyl (C=O) groups is 1. The number of hydrogen-bond donors (Lipinski definition) is 2. The van der Waals surface area contributed by atoms with Crippen molar-refractivity contribution < 1.29 is 9.90 Å². The van der Waals surface area contributed by atoms with Crippen LogP contribution in [0.5, 0.6) is 0 Å². The first kappa shape index (κ1) is 14.5. The van der Waals surface area contributed by atoms with E-state index in [4.69, 9.17) is 5.11 Å². The second-order valence-electron chi connectivity index (χ2n) is 6.60. The summed E-state index contributed by atoms with van der Waals surface area (Å²) in [6.45, 7) is 11.6. The van der Waals surface area contributed by atoms with Gasteiger partial charge in [0.1, 0.15) is 0 Å². The molecule has 0 aliphatic heterocycles. The molecule has 2 N–H and O–H groups in total. The van der Waals surface area contributed by atoms with Gasteiger partial charge in [-0.25, -0.2) is 4.68 Å². The second-order valence-corrected chi connectivity index (χ2v) is 6.60. The number of nitrogens with zero attached hydrogens (tertiary/aromatic N) is 1. The third-order valence-electron chi connectivity index (χ3n) is 2.74. The van der Waals surface area contributed by atoms with Crippen LogP contribution in [0.15, 0.2) is 4.79 Å². The highest BCUT2D eigenvalue weighted by Gasteiger charge is 2.28. The van der Waals surface area contributed by atoms with E-state index in [2.05, 4.69) is 5.10 Å². The van der Waals surface area contributed by atoms with Crippen molar-refractivity contribution in [3.63, 3.8) is 0 Å². The van der Waals surface area contributed by atoms with E-state index in [0.29, 0.717) is 11.3 Å². The summed E-state index contributed by atoms with van der Waals surface area (Å²) in [7, 11) is 0. The van der Waals surface area contributed by atoms with Crippen molar-refractivity contribution in [2.75, 3.05) is 0 Å². The van der Waals surface area contributed by atoms with Crippen LogP contribution in [0.3, 0.4) is 0 Å². The molecule has 18 heavy (non-hydrogen) atoms. The Morgan fingerprint density at radius 3 is 2.06 bits per heavy atom. The predicted molar refractivity (Wildman–Crippen MR) is 70.1 cm³/mol. The number of nitrogens with one attached hydrogen (secondary N) is 1. The van der Waals surface area contributed by atoms with E-state index in [-0.39, 0.29) is 17.4 Å². The van der Waals surface area contributed by atoms with Crippen LogP contribution < -0.4 is 5.56 Å². The summed E-state index contributed by atoms with van der Waals surface area (Å²) >= 11 is 0. The molecule has 5 nitrogen and oxygen atoms in total. The third-order valence-corrected chi connectivity index (χ3v) is 2.74. The smallest absolute Gasteiger partial charge is 0.308 e. The zero-order valence-corrected chi connectivity index (χ0v) is 11.9. The number of aliphatic carboxylic acids is 1. The van der Waals surface area contributed by atoms with Gasteiger partial charge in [0, 0.05) is 11.1 Å². The lowest BCUT2D eigenvalue weighted by atomic mass is 9.89. The molecule has 0 radical (unpaired) electrons. The fourth-order valence-corrected chi connectivity index (χ4v) is 1.88. The Kier molecular flexibility index (Phi) is 3.47. The first-order valence-electron chi connectivity index (χ1n) is 6.01. The molecule has 102 valence electrons. The van der Waals surface area contributed by atoms with Gasteiger partial charge in [-0.15, -0.1) is 0 Å². The van der Waals surface area contributed by atoms with E-state index in [0.717, 1.165) is 0 Å². The topological polar surface area (TPSA) is 75.1 Å². The number of aromatic nitrogens is 2. The van der Waals surface area contributed by atoms with Crippen LogP contribution in [0.1, 0.15) is 52.8 Å². The predicted octanol–water partition coefficient (Wildman–Crippen LogP) is 1.86. The average molecular weight is 254 g/mol. The standard InChI is InChI=1S/C13H22N2O3/c1-12(2,3)10-8(7-9(16)17)11(18)15(14-10)13(4,5)6/h14H,7H2,1-6H3,(H,16,17). The molecule has 1 aromatic heterocycles. The van der Waals surface area contributed by atoms with Gasteiger partial charge in [-0.05, 0) is 20.8 Å². The molecular weight excluding hydrogens is 232 g/mol. The summed E-state index contributed by atoms with van der Waals surface area (Å²) in [6.07, 6.45) is -0.245. The fourth-order valence-electron chi connectivity index (χ4n) is 1.88. The van der Waals surface area contributed by atoms with Gasteiger partial charge < -0.3 is 5.11 Å². The van der Waals surface area contributed by atoms with Crippen molar-refractivity contribution >= 4 is 5.97 Å². The van der Waals surface area contributed by atoms with E-state index in [1.165, 1.54) is 4.68 Å².